The highest BCUT2D eigenvalue weighted by molar-refractivity contribution is 5.85. The lowest BCUT2D eigenvalue weighted by atomic mass is 10.1. The predicted molar refractivity (Wildman–Crippen MR) is 52.4 cm³/mol. The first-order valence-corrected chi connectivity index (χ1v) is 4.12. The zero-order valence-electron chi connectivity index (χ0n) is 7.71. The summed E-state index contributed by atoms with van der Waals surface area (Å²) in [6.07, 6.45) is 2.11. The van der Waals surface area contributed by atoms with Crippen LogP contribution < -0.4 is 0 Å². The third kappa shape index (κ3) is 2.47. The molecule has 0 unspecified atom stereocenters. The van der Waals surface area contributed by atoms with E-state index in [1.807, 2.05) is 0 Å². The summed E-state index contributed by atoms with van der Waals surface area (Å²) in [6.45, 7) is -0.487. The summed E-state index contributed by atoms with van der Waals surface area (Å²) in [5.41, 5.74) is 0.433. The lowest BCUT2D eigenvalue weighted by Crippen LogP contribution is -1.91. The van der Waals surface area contributed by atoms with Gasteiger partial charge in [0.05, 0.1) is 6.61 Å². The van der Waals surface area contributed by atoms with E-state index < -0.39 is 18.3 Å². The molecule has 5 heteroatoms. The van der Waals surface area contributed by atoms with Crippen LogP contribution in [0.25, 0.3) is 6.08 Å². The largest absolute Gasteiger partial charge is 0.504 e. The number of hydrogen-bond acceptors (Lipinski definition) is 4. The maximum atomic E-state index is 10.3. The molecule has 0 bridgehead atoms. The number of aliphatic hydroxyl groups is 1. The molecular weight excluding hydrogens is 200 g/mol. The lowest BCUT2D eigenvalue weighted by molar-refractivity contribution is -0.131. The number of hydrogen-bond donors (Lipinski definition) is 4. The first kappa shape index (κ1) is 11.1. The number of aromatic hydroxyl groups is 2. The Kier molecular flexibility index (Phi) is 3.30. The summed E-state index contributed by atoms with van der Waals surface area (Å²) >= 11 is 0. The van der Waals surface area contributed by atoms with Crippen LogP contribution in [0.5, 0.6) is 11.5 Å². The molecule has 0 aliphatic heterocycles. The number of aliphatic carboxylic acids is 1. The first-order chi connectivity index (χ1) is 7.06. The van der Waals surface area contributed by atoms with Crippen molar-refractivity contribution in [3.63, 3.8) is 0 Å². The molecule has 0 atom stereocenters. The molecular formula is C10H10O5. The Morgan fingerprint density at radius 1 is 1.33 bits per heavy atom. The molecule has 1 rings (SSSR count). The summed E-state index contributed by atoms with van der Waals surface area (Å²) < 4.78 is 0. The summed E-state index contributed by atoms with van der Waals surface area (Å²) in [4.78, 5) is 10.3. The van der Waals surface area contributed by atoms with Crippen molar-refractivity contribution in [2.24, 2.45) is 0 Å². The molecule has 0 aromatic heterocycles. The van der Waals surface area contributed by atoms with Crippen molar-refractivity contribution < 1.29 is 25.2 Å². The van der Waals surface area contributed by atoms with Crippen LogP contribution in [0.1, 0.15) is 11.1 Å². The molecule has 0 aliphatic carbocycles. The predicted octanol–water partition coefficient (Wildman–Crippen LogP) is 0.688. The smallest absolute Gasteiger partial charge is 0.328 e. The average Bonchev–Trinajstić information content (AvgIpc) is 2.19. The van der Waals surface area contributed by atoms with Crippen molar-refractivity contribution in [2.75, 3.05) is 0 Å². The van der Waals surface area contributed by atoms with E-state index in [9.17, 15) is 9.90 Å². The van der Waals surface area contributed by atoms with E-state index in [-0.39, 0.29) is 11.3 Å². The Labute approximate surface area is 85.5 Å². The second kappa shape index (κ2) is 4.47. The molecule has 0 saturated heterocycles. The van der Waals surface area contributed by atoms with Crippen molar-refractivity contribution in [2.45, 2.75) is 6.61 Å². The topological polar surface area (TPSA) is 98.0 Å². The SMILES string of the molecule is O=C(O)/C=C/c1ccc(O)c(O)c1CO. The monoisotopic (exact) mass is 210 g/mol. The number of benzene rings is 1. The van der Waals surface area contributed by atoms with E-state index in [0.717, 1.165) is 6.08 Å². The van der Waals surface area contributed by atoms with E-state index in [0.29, 0.717) is 5.56 Å². The molecule has 1 aromatic carbocycles. The van der Waals surface area contributed by atoms with E-state index >= 15 is 0 Å². The van der Waals surface area contributed by atoms with Crippen LogP contribution in [0.15, 0.2) is 18.2 Å². The van der Waals surface area contributed by atoms with Gasteiger partial charge in [0.1, 0.15) is 0 Å². The molecule has 0 amide bonds. The number of rotatable bonds is 3. The van der Waals surface area contributed by atoms with E-state index in [1.54, 1.807) is 0 Å². The minimum atomic E-state index is -1.13. The lowest BCUT2D eigenvalue weighted by Gasteiger charge is -2.06. The van der Waals surface area contributed by atoms with Gasteiger partial charge in [0.2, 0.25) is 0 Å². The third-order valence-corrected chi connectivity index (χ3v) is 1.86. The van der Waals surface area contributed by atoms with Crippen LogP contribution in [0.4, 0.5) is 0 Å². The zero-order chi connectivity index (χ0) is 11.4. The van der Waals surface area contributed by atoms with E-state index in [2.05, 4.69) is 0 Å². The van der Waals surface area contributed by atoms with Crippen molar-refractivity contribution in [1.29, 1.82) is 0 Å². The maximum Gasteiger partial charge on any atom is 0.328 e. The summed E-state index contributed by atoms with van der Waals surface area (Å²) in [5.74, 6) is -1.93. The normalized spacial score (nSPS) is 10.7. The zero-order valence-corrected chi connectivity index (χ0v) is 7.71. The van der Waals surface area contributed by atoms with Gasteiger partial charge in [-0.3, -0.25) is 0 Å². The van der Waals surface area contributed by atoms with Crippen molar-refractivity contribution >= 4 is 12.0 Å². The standard InChI is InChI=1S/C10H10O5/c11-5-7-6(2-4-9(13)14)1-3-8(12)10(7)15/h1-4,11-12,15H,5H2,(H,13,14)/b4-2+. The number of carboxylic acids is 1. The average molecular weight is 210 g/mol. The van der Waals surface area contributed by atoms with Gasteiger partial charge in [-0.1, -0.05) is 6.07 Å². The highest BCUT2D eigenvalue weighted by atomic mass is 16.4. The van der Waals surface area contributed by atoms with Crippen LogP contribution >= 0.6 is 0 Å². The maximum absolute atomic E-state index is 10.3. The number of phenols is 2. The van der Waals surface area contributed by atoms with Crippen LogP contribution in [0.2, 0.25) is 0 Å². The van der Waals surface area contributed by atoms with E-state index in [4.69, 9.17) is 15.3 Å². The Morgan fingerprint density at radius 2 is 2.00 bits per heavy atom. The second-order valence-corrected chi connectivity index (χ2v) is 2.83. The molecule has 0 aliphatic rings. The Bertz CT molecular complexity index is 409. The molecule has 0 radical (unpaired) electrons. The Hall–Kier alpha value is -2.01. The Morgan fingerprint density at radius 3 is 2.53 bits per heavy atom. The molecule has 1 aromatic rings. The first-order valence-electron chi connectivity index (χ1n) is 4.12. The van der Waals surface area contributed by atoms with Gasteiger partial charge in [0, 0.05) is 11.6 Å². The molecule has 15 heavy (non-hydrogen) atoms. The van der Waals surface area contributed by atoms with Gasteiger partial charge in [0.15, 0.2) is 11.5 Å². The molecule has 0 spiro atoms. The number of phenolic OH excluding ortho intramolecular Hbond substituents is 1. The number of aliphatic hydroxyl groups excluding tert-OH is 1. The van der Waals surface area contributed by atoms with E-state index in [1.165, 1.54) is 18.2 Å². The summed E-state index contributed by atoms with van der Waals surface area (Å²) in [7, 11) is 0. The van der Waals surface area contributed by atoms with Crippen LogP contribution in [-0.2, 0) is 11.4 Å². The van der Waals surface area contributed by atoms with Gasteiger partial charge in [-0.25, -0.2) is 4.79 Å². The third-order valence-electron chi connectivity index (χ3n) is 1.86. The van der Waals surface area contributed by atoms with Gasteiger partial charge >= 0.3 is 5.97 Å². The minimum Gasteiger partial charge on any atom is -0.504 e. The van der Waals surface area contributed by atoms with Crippen LogP contribution in [-0.4, -0.2) is 26.4 Å². The summed E-state index contributed by atoms with van der Waals surface area (Å²) in [5, 5.41) is 35.8. The molecule has 0 saturated carbocycles. The second-order valence-electron chi connectivity index (χ2n) is 2.83. The highest BCUT2D eigenvalue weighted by Gasteiger charge is 2.09. The van der Waals surface area contributed by atoms with Crippen molar-refractivity contribution in [3.05, 3.63) is 29.3 Å². The Balaban J connectivity index is 3.19. The van der Waals surface area contributed by atoms with Gasteiger partial charge < -0.3 is 20.4 Å². The number of carboxylic acid groups (broad SMARTS) is 1. The van der Waals surface area contributed by atoms with Crippen molar-refractivity contribution in [3.8, 4) is 11.5 Å². The van der Waals surface area contributed by atoms with Gasteiger partial charge in [-0.2, -0.15) is 0 Å². The van der Waals surface area contributed by atoms with Crippen LogP contribution in [0.3, 0.4) is 0 Å². The fourth-order valence-electron chi connectivity index (χ4n) is 1.12. The van der Waals surface area contributed by atoms with Crippen LogP contribution in [0, 0.1) is 0 Å². The molecule has 0 fully saturated rings. The highest BCUT2D eigenvalue weighted by Crippen LogP contribution is 2.31. The van der Waals surface area contributed by atoms with Gasteiger partial charge in [-0.15, -0.1) is 0 Å². The number of carbonyl (C=O) groups is 1. The van der Waals surface area contributed by atoms with Gasteiger partial charge in [-0.05, 0) is 17.7 Å². The molecule has 4 N–H and O–H groups in total. The summed E-state index contributed by atoms with van der Waals surface area (Å²) in [6, 6.07) is 2.62. The van der Waals surface area contributed by atoms with Crippen molar-refractivity contribution in [1.82, 2.24) is 0 Å². The molecule has 80 valence electrons. The quantitative estimate of drug-likeness (QED) is 0.434. The molecule has 5 nitrogen and oxygen atoms in total. The fourth-order valence-corrected chi connectivity index (χ4v) is 1.12. The fraction of sp³-hybridized carbons (Fsp3) is 0.100. The minimum absolute atomic E-state index is 0.0903. The van der Waals surface area contributed by atoms with Gasteiger partial charge in [0.25, 0.3) is 0 Å². The molecule has 0 heterocycles.